The largest absolute Gasteiger partial charge is 0.468 e. The molecule has 0 saturated carbocycles. The molecule has 0 spiro atoms. The van der Waals surface area contributed by atoms with Gasteiger partial charge in [0.15, 0.2) is 0 Å². The zero-order valence-corrected chi connectivity index (χ0v) is 9.80. The van der Waals surface area contributed by atoms with Crippen LogP contribution in [-0.4, -0.2) is 36.5 Å². The lowest BCUT2D eigenvalue weighted by Gasteiger charge is -2.41. The number of allylic oxidation sites excluding steroid dienone is 2. The monoisotopic (exact) mass is 235 g/mol. The Morgan fingerprint density at radius 2 is 2.35 bits per heavy atom. The van der Waals surface area contributed by atoms with E-state index in [9.17, 15) is 9.59 Å². The first-order valence-electron chi connectivity index (χ1n) is 6.01. The van der Waals surface area contributed by atoms with Crippen molar-refractivity contribution in [1.29, 1.82) is 0 Å². The number of rotatable bonds is 6. The molecular weight excluding hydrogens is 218 g/mol. The lowest BCUT2D eigenvalue weighted by molar-refractivity contribution is -0.146. The topological polar surface area (TPSA) is 46.6 Å². The number of carbonyl (C=O) groups is 2. The van der Waals surface area contributed by atoms with Crippen LogP contribution in [0.25, 0.3) is 0 Å². The third-order valence-electron chi connectivity index (χ3n) is 3.23. The first kappa shape index (κ1) is 11.9. The summed E-state index contributed by atoms with van der Waals surface area (Å²) >= 11 is 0. The smallest absolute Gasteiger partial charge is 0.293 e. The summed E-state index contributed by atoms with van der Waals surface area (Å²) in [5.41, 5.74) is 1.21. The minimum absolute atomic E-state index is 0.195. The summed E-state index contributed by atoms with van der Waals surface area (Å²) in [5.74, 6) is 0.195. The first-order valence-corrected chi connectivity index (χ1v) is 6.01. The van der Waals surface area contributed by atoms with E-state index >= 15 is 0 Å². The Balaban J connectivity index is 1.81. The Kier molecular flexibility index (Phi) is 3.96. The Morgan fingerprint density at radius 1 is 1.47 bits per heavy atom. The van der Waals surface area contributed by atoms with Crippen LogP contribution in [0.2, 0.25) is 0 Å². The zero-order chi connectivity index (χ0) is 12.1. The van der Waals surface area contributed by atoms with Crippen LogP contribution in [0.4, 0.5) is 0 Å². The summed E-state index contributed by atoms with van der Waals surface area (Å²) in [7, 11) is 0. The van der Waals surface area contributed by atoms with Crippen molar-refractivity contribution in [3.05, 3.63) is 23.8 Å². The van der Waals surface area contributed by atoms with Gasteiger partial charge in [-0.1, -0.05) is 18.2 Å². The predicted octanol–water partition coefficient (Wildman–Crippen LogP) is 1.43. The Labute approximate surface area is 101 Å². The van der Waals surface area contributed by atoms with Crippen LogP contribution in [0.15, 0.2) is 23.8 Å². The van der Waals surface area contributed by atoms with Crippen LogP contribution in [0, 0.1) is 0 Å². The highest BCUT2D eigenvalue weighted by molar-refractivity contribution is 5.83. The van der Waals surface area contributed by atoms with Gasteiger partial charge >= 0.3 is 0 Å². The van der Waals surface area contributed by atoms with Crippen LogP contribution in [0.5, 0.6) is 0 Å². The number of hydrogen-bond donors (Lipinski definition) is 0. The van der Waals surface area contributed by atoms with Gasteiger partial charge in [0.2, 0.25) is 5.91 Å². The Bertz CT molecular complexity index is 360. The number of ether oxygens (including phenoxy) is 1. The molecule has 17 heavy (non-hydrogen) atoms. The summed E-state index contributed by atoms with van der Waals surface area (Å²) in [6, 6.07) is 0.235. The van der Waals surface area contributed by atoms with Gasteiger partial charge in [-0.05, 0) is 18.4 Å². The minimum Gasteiger partial charge on any atom is -0.468 e. The van der Waals surface area contributed by atoms with E-state index in [1.54, 1.807) is 0 Å². The van der Waals surface area contributed by atoms with Crippen molar-refractivity contribution in [3.8, 4) is 0 Å². The van der Waals surface area contributed by atoms with E-state index < -0.39 is 0 Å². The summed E-state index contributed by atoms with van der Waals surface area (Å²) in [6.07, 6.45) is 9.89. The first-order chi connectivity index (χ1) is 8.31. The average molecular weight is 235 g/mol. The van der Waals surface area contributed by atoms with Crippen molar-refractivity contribution < 1.29 is 14.3 Å². The lowest BCUT2D eigenvalue weighted by Crippen LogP contribution is -2.53. The van der Waals surface area contributed by atoms with E-state index in [0.717, 1.165) is 19.3 Å². The van der Waals surface area contributed by atoms with Crippen LogP contribution in [0.1, 0.15) is 25.7 Å². The van der Waals surface area contributed by atoms with Crippen LogP contribution < -0.4 is 0 Å². The van der Waals surface area contributed by atoms with E-state index in [4.69, 9.17) is 0 Å². The molecule has 4 nitrogen and oxygen atoms in total. The van der Waals surface area contributed by atoms with Gasteiger partial charge in [-0.25, -0.2) is 0 Å². The molecule has 1 heterocycles. The fourth-order valence-electron chi connectivity index (χ4n) is 2.23. The van der Waals surface area contributed by atoms with Gasteiger partial charge in [0, 0.05) is 25.4 Å². The number of nitrogens with zero attached hydrogens (tertiary/aromatic N) is 1. The zero-order valence-electron chi connectivity index (χ0n) is 9.80. The number of amides is 1. The molecule has 0 bridgehead atoms. The molecule has 2 aliphatic rings. The standard InChI is InChI=1S/C13H17NO3/c15-10-17-7-6-12-8-13(16)14(12)9-11-4-2-1-3-5-11/h2,4-5,10,12H,1,3,6-9H2/t12-/m1/s1. The third-order valence-corrected chi connectivity index (χ3v) is 3.23. The molecule has 92 valence electrons. The Hall–Kier alpha value is -1.58. The maximum Gasteiger partial charge on any atom is 0.293 e. The summed E-state index contributed by atoms with van der Waals surface area (Å²) in [6.45, 7) is 1.55. The molecule has 1 atom stereocenters. The van der Waals surface area contributed by atoms with Gasteiger partial charge in [0.05, 0.1) is 6.61 Å². The summed E-state index contributed by atoms with van der Waals surface area (Å²) < 4.78 is 4.67. The maximum atomic E-state index is 11.5. The van der Waals surface area contributed by atoms with E-state index in [0.29, 0.717) is 26.0 Å². The summed E-state index contributed by atoms with van der Waals surface area (Å²) in [5, 5.41) is 0. The Morgan fingerprint density at radius 3 is 3.00 bits per heavy atom. The summed E-state index contributed by atoms with van der Waals surface area (Å²) in [4.78, 5) is 23.4. The average Bonchev–Trinajstić information content (AvgIpc) is 2.36. The van der Waals surface area contributed by atoms with Crippen molar-refractivity contribution in [2.45, 2.75) is 31.7 Å². The van der Waals surface area contributed by atoms with Gasteiger partial charge in [-0.15, -0.1) is 0 Å². The van der Waals surface area contributed by atoms with Gasteiger partial charge < -0.3 is 9.64 Å². The highest BCUT2D eigenvalue weighted by Crippen LogP contribution is 2.24. The number of carbonyl (C=O) groups excluding carboxylic acids is 2. The van der Waals surface area contributed by atoms with E-state index in [-0.39, 0.29) is 11.9 Å². The maximum absolute atomic E-state index is 11.5. The molecule has 2 rings (SSSR count). The number of likely N-dealkylation sites (tertiary alicyclic amines) is 1. The molecule has 0 aromatic heterocycles. The van der Waals surface area contributed by atoms with E-state index in [1.165, 1.54) is 5.57 Å². The fraction of sp³-hybridized carbons (Fsp3) is 0.538. The van der Waals surface area contributed by atoms with Gasteiger partial charge in [-0.3, -0.25) is 9.59 Å². The van der Waals surface area contributed by atoms with Crippen molar-refractivity contribution in [2.24, 2.45) is 0 Å². The molecule has 1 amide bonds. The molecule has 1 saturated heterocycles. The molecule has 0 unspecified atom stereocenters. The van der Waals surface area contributed by atoms with Crippen molar-refractivity contribution in [2.75, 3.05) is 13.2 Å². The molecule has 1 aliphatic carbocycles. The molecule has 0 aromatic carbocycles. The number of hydrogen-bond acceptors (Lipinski definition) is 3. The van der Waals surface area contributed by atoms with E-state index in [1.807, 2.05) is 4.90 Å². The normalized spacial score (nSPS) is 23.1. The minimum atomic E-state index is 0.195. The van der Waals surface area contributed by atoms with Crippen molar-refractivity contribution in [1.82, 2.24) is 4.90 Å². The molecule has 1 fully saturated rings. The van der Waals surface area contributed by atoms with Crippen LogP contribution in [0.3, 0.4) is 0 Å². The van der Waals surface area contributed by atoms with Gasteiger partial charge in [-0.2, -0.15) is 0 Å². The molecule has 0 radical (unpaired) electrons. The van der Waals surface area contributed by atoms with Crippen LogP contribution in [-0.2, 0) is 14.3 Å². The lowest BCUT2D eigenvalue weighted by atomic mass is 9.96. The molecular formula is C13H17NO3. The third kappa shape index (κ3) is 2.96. The fourth-order valence-corrected chi connectivity index (χ4v) is 2.23. The molecule has 0 aromatic rings. The second-order valence-electron chi connectivity index (χ2n) is 4.39. The second-order valence-corrected chi connectivity index (χ2v) is 4.39. The SMILES string of the molecule is O=COCC[C@@H]1CC(=O)N1CC1=CCCC=C1. The van der Waals surface area contributed by atoms with Gasteiger partial charge in [0.25, 0.3) is 6.47 Å². The van der Waals surface area contributed by atoms with Crippen molar-refractivity contribution >= 4 is 12.4 Å². The molecule has 0 N–H and O–H groups in total. The van der Waals surface area contributed by atoms with Crippen molar-refractivity contribution in [3.63, 3.8) is 0 Å². The molecule has 1 aliphatic heterocycles. The van der Waals surface area contributed by atoms with Gasteiger partial charge in [0.1, 0.15) is 0 Å². The highest BCUT2D eigenvalue weighted by Gasteiger charge is 2.35. The highest BCUT2D eigenvalue weighted by atomic mass is 16.5. The predicted molar refractivity (Wildman–Crippen MR) is 63.2 cm³/mol. The van der Waals surface area contributed by atoms with E-state index in [2.05, 4.69) is 23.0 Å². The second kappa shape index (κ2) is 5.66. The number of β-lactam (4-membered cyclic amide) rings is 1. The molecule has 4 heteroatoms. The quantitative estimate of drug-likeness (QED) is 0.397. The van der Waals surface area contributed by atoms with Crippen LogP contribution >= 0.6 is 0 Å².